The Morgan fingerprint density at radius 2 is 0.935 bits per heavy atom. The molecule has 0 heterocycles. The predicted octanol–water partition coefficient (Wildman–Crippen LogP) is 6.64. The van der Waals surface area contributed by atoms with Crippen molar-refractivity contribution in [2.24, 2.45) is 0 Å². The molecular weight excluding hydrogens is 408 g/mol. The molecule has 0 saturated heterocycles. The first-order valence-corrected chi connectivity index (χ1v) is 11.7. The highest BCUT2D eigenvalue weighted by Gasteiger charge is 2.24. The van der Waals surface area contributed by atoms with Crippen LogP contribution in [-0.4, -0.2) is 23.3 Å². The summed E-state index contributed by atoms with van der Waals surface area (Å²) in [7, 11) is 0. The number of unbranched alkanes of at least 4 members (excludes halogenated alkanes) is 6. The summed E-state index contributed by atoms with van der Waals surface area (Å²) in [6.07, 6.45) is 9.78. The van der Waals surface area contributed by atoms with E-state index in [1.807, 2.05) is 24.3 Å². The second kappa shape index (κ2) is 16.0. The maximum Gasteiger partial charge on any atom is 0.115 e. The minimum atomic E-state index is 0. The molecule has 0 spiro atoms. The van der Waals surface area contributed by atoms with E-state index in [1.165, 1.54) is 38.5 Å². The molecule has 0 bridgehead atoms. The normalized spacial score (nSPS) is 12.8. The standard InChI is InChI=1S/C26H40N2O2.ClH/c1-3-5-7-9-19-27-25(21-11-15-23(29)16-12-21)26(28-20-10-8-6-4-2)22-13-17-24(30)18-14-22;/h11-18,25-30H,3-10,19-20H2,1-2H3;1H. The average Bonchev–Trinajstić information content (AvgIpc) is 2.76. The summed E-state index contributed by atoms with van der Waals surface area (Å²) in [6, 6.07) is 15.2. The number of benzene rings is 2. The molecule has 31 heavy (non-hydrogen) atoms. The van der Waals surface area contributed by atoms with Gasteiger partial charge in [0.2, 0.25) is 0 Å². The molecule has 0 fully saturated rings. The minimum absolute atomic E-state index is 0. The SMILES string of the molecule is CCCCCCNC(c1ccc(O)cc1)C(NCCCCCC)c1ccc(O)cc1.Cl. The first-order valence-electron chi connectivity index (χ1n) is 11.7. The summed E-state index contributed by atoms with van der Waals surface area (Å²) >= 11 is 0. The average molecular weight is 449 g/mol. The number of nitrogens with one attached hydrogen (secondary N) is 2. The molecule has 0 radical (unpaired) electrons. The lowest BCUT2D eigenvalue weighted by molar-refractivity contribution is 0.375. The summed E-state index contributed by atoms with van der Waals surface area (Å²) in [4.78, 5) is 0. The van der Waals surface area contributed by atoms with Crippen LogP contribution in [0.15, 0.2) is 48.5 Å². The van der Waals surface area contributed by atoms with E-state index in [0.717, 1.165) is 37.1 Å². The minimum Gasteiger partial charge on any atom is -0.508 e. The highest BCUT2D eigenvalue weighted by Crippen LogP contribution is 2.31. The van der Waals surface area contributed by atoms with E-state index >= 15 is 0 Å². The number of rotatable bonds is 15. The molecule has 0 aliphatic heterocycles. The summed E-state index contributed by atoms with van der Waals surface area (Å²) in [5, 5.41) is 27.1. The molecule has 4 nitrogen and oxygen atoms in total. The molecule has 2 unspecified atom stereocenters. The van der Waals surface area contributed by atoms with E-state index in [2.05, 4.69) is 24.5 Å². The van der Waals surface area contributed by atoms with E-state index in [9.17, 15) is 10.2 Å². The third-order valence-corrected chi connectivity index (χ3v) is 5.63. The monoisotopic (exact) mass is 448 g/mol. The van der Waals surface area contributed by atoms with Crippen molar-refractivity contribution in [1.82, 2.24) is 10.6 Å². The zero-order chi connectivity index (χ0) is 21.6. The van der Waals surface area contributed by atoms with Gasteiger partial charge in [0.25, 0.3) is 0 Å². The van der Waals surface area contributed by atoms with Gasteiger partial charge in [-0.1, -0.05) is 76.6 Å². The van der Waals surface area contributed by atoms with E-state index in [4.69, 9.17) is 0 Å². The van der Waals surface area contributed by atoms with Gasteiger partial charge >= 0.3 is 0 Å². The molecule has 2 aromatic carbocycles. The van der Waals surface area contributed by atoms with Gasteiger partial charge < -0.3 is 20.8 Å². The predicted molar refractivity (Wildman–Crippen MR) is 133 cm³/mol. The first-order chi connectivity index (χ1) is 14.7. The highest BCUT2D eigenvalue weighted by molar-refractivity contribution is 5.85. The molecule has 2 atom stereocenters. The lowest BCUT2D eigenvalue weighted by Gasteiger charge is -2.30. The highest BCUT2D eigenvalue weighted by atomic mass is 35.5. The Kier molecular flexibility index (Phi) is 14.1. The van der Waals surface area contributed by atoms with Crippen molar-refractivity contribution < 1.29 is 10.2 Å². The Labute approximate surface area is 194 Å². The van der Waals surface area contributed by atoms with Crippen LogP contribution in [0.4, 0.5) is 0 Å². The summed E-state index contributed by atoms with van der Waals surface area (Å²) in [6.45, 7) is 6.38. The molecular formula is C26H41ClN2O2. The van der Waals surface area contributed by atoms with Gasteiger partial charge in [-0.3, -0.25) is 0 Å². The molecule has 2 aromatic rings. The summed E-state index contributed by atoms with van der Waals surface area (Å²) in [5.74, 6) is 0.573. The van der Waals surface area contributed by atoms with Gasteiger partial charge in [-0.05, 0) is 61.3 Å². The van der Waals surface area contributed by atoms with E-state index < -0.39 is 0 Å². The van der Waals surface area contributed by atoms with Crippen molar-refractivity contribution in [3.63, 3.8) is 0 Å². The zero-order valence-electron chi connectivity index (χ0n) is 19.1. The fourth-order valence-electron chi connectivity index (χ4n) is 3.84. The van der Waals surface area contributed by atoms with Gasteiger partial charge in [0.15, 0.2) is 0 Å². The van der Waals surface area contributed by atoms with Crippen LogP contribution in [0.25, 0.3) is 0 Å². The van der Waals surface area contributed by atoms with E-state index in [-0.39, 0.29) is 36.0 Å². The van der Waals surface area contributed by atoms with Gasteiger partial charge in [-0.25, -0.2) is 0 Å². The van der Waals surface area contributed by atoms with Crippen molar-refractivity contribution in [2.75, 3.05) is 13.1 Å². The lowest BCUT2D eigenvalue weighted by Crippen LogP contribution is -2.36. The summed E-state index contributed by atoms with van der Waals surface area (Å²) < 4.78 is 0. The van der Waals surface area contributed by atoms with Crippen LogP contribution in [0, 0.1) is 0 Å². The quantitative estimate of drug-likeness (QED) is 0.230. The van der Waals surface area contributed by atoms with Crippen molar-refractivity contribution >= 4 is 12.4 Å². The van der Waals surface area contributed by atoms with Crippen LogP contribution in [0.3, 0.4) is 0 Å². The molecule has 0 saturated carbocycles. The number of phenolic OH excluding ortho intramolecular Hbond substituents is 2. The first kappa shape index (κ1) is 27.3. The smallest absolute Gasteiger partial charge is 0.115 e. The third kappa shape index (κ3) is 9.94. The van der Waals surface area contributed by atoms with Gasteiger partial charge in [0.1, 0.15) is 11.5 Å². The lowest BCUT2D eigenvalue weighted by atomic mass is 9.92. The molecule has 5 heteroatoms. The number of phenols is 2. The number of hydrogen-bond donors (Lipinski definition) is 4. The second-order valence-electron chi connectivity index (χ2n) is 8.17. The molecule has 0 amide bonds. The molecule has 0 aromatic heterocycles. The Hall–Kier alpha value is -1.75. The Bertz CT molecular complexity index is 630. The van der Waals surface area contributed by atoms with Crippen LogP contribution < -0.4 is 10.6 Å². The maximum atomic E-state index is 9.76. The van der Waals surface area contributed by atoms with Crippen LogP contribution >= 0.6 is 12.4 Å². The third-order valence-electron chi connectivity index (χ3n) is 5.63. The van der Waals surface area contributed by atoms with Gasteiger partial charge in [-0.15, -0.1) is 12.4 Å². The fourth-order valence-corrected chi connectivity index (χ4v) is 3.84. The van der Waals surface area contributed by atoms with Crippen LogP contribution in [0.1, 0.15) is 88.4 Å². The van der Waals surface area contributed by atoms with Crippen molar-refractivity contribution in [3.05, 3.63) is 59.7 Å². The molecule has 2 rings (SSSR count). The van der Waals surface area contributed by atoms with Crippen LogP contribution in [-0.2, 0) is 0 Å². The molecule has 0 aliphatic carbocycles. The maximum absolute atomic E-state index is 9.76. The fraction of sp³-hybridized carbons (Fsp3) is 0.538. The Morgan fingerprint density at radius 1 is 0.581 bits per heavy atom. The number of hydrogen-bond acceptors (Lipinski definition) is 4. The molecule has 174 valence electrons. The summed E-state index contributed by atoms with van der Waals surface area (Å²) in [5.41, 5.74) is 2.31. The molecule has 4 N–H and O–H groups in total. The van der Waals surface area contributed by atoms with Crippen molar-refractivity contribution in [1.29, 1.82) is 0 Å². The van der Waals surface area contributed by atoms with Gasteiger partial charge in [0, 0.05) is 0 Å². The zero-order valence-corrected chi connectivity index (χ0v) is 20.0. The largest absolute Gasteiger partial charge is 0.508 e. The van der Waals surface area contributed by atoms with E-state index in [0.29, 0.717) is 0 Å². The number of aromatic hydroxyl groups is 2. The van der Waals surface area contributed by atoms with Crippen molar-refractivity contribution in [3.8, 4) is 11.5 Å². The van der Waals surface area contributed by atoms with Crippen LogP contribution in [0.2, 0.25) is 0 Å². The number of halogens is 1. The topological polar surface area (TPSA) is 64.5 Å². The Balaban J connectivity index is 0.00000480. The van der Waals surface area contributed by atoms with E-state index in [1.54, 1.807) is 24.3 Å². The molecule has 0 aliphatic rings. The van der Waals surface area contributed by atoms with Gasteiger partial charge in [0.05, 0.1) is 12.1 Å². The second-order valence-corrected chi connectivity index (χ2v) is 8.17. The Morgan fingerprint density at radius 3 is 1.26 bits per heavy atom. The van der Waals surface area contributed by atoms with Crippen LogP contribution in [0.5, 0.6) is 11.5 Å². The van der Waals surface area contributed by atoms with Gasteiger partial charge in [-0.2, -0.15) is 0 Å². The van der Waals surface area contributed by atoms with Crippen molar-refractivity contribution in [2.45, 2.75) is 77.3 Å².